The molecule has 0 unspecified atom stereocenters. The highest BCUT2D eigenvalue weighted by atomic mass is 19.4. The summed E-state index contributed by atoms with van der Waals surface area (Å²) in [7, 11) is 3.03. The summed E-state index contributed by atoms with van der Waals surface area (Å²) in [5.41, 5.74) is 5.61. The molecular weight excluding hydrogens is 541 g/mol. The number of carbonyl (C=O) groups is 1. The molecule has 3 aromatic rings. The summed E-state index contributed by atoms with van der Waals surface area (Å²) in [6.45, 7) is 12.6. The molecule has 0 saturated heterocycles. The largest absolute Gasteiger partial charge is 0.497 e. The summed E-state index contributed by atoms with van der Waals surface area (Å²) in [4.78, 5) is 20.4. The van der Waals surface area contributed by atoms with Crippen LogP contribution < -0.4 is 10.2 Å². The minimum absolute atomic E-state index is 0.145. The lowest BCUT2D eigenvalue weighted by molar-refractivity contribution is -0.139. The first-order valence-corrected chi connectivity index (χ1v) is 14.6. The highest BCUT2D eigenvalue weighted by Crippen LogP contribution is 2.37. The normalized spacial score (nSPS) is 12.3. The van der Waals surface area contributed by atoms with Gasteiger partial charge in [0.05, 0.1) is 19.8 Å². The summed E-state index contributed by atoms with van der Waals surface area (Å²) in [5, 5.41) is 0. The fourth-order valence-corrected chi connectivity index (χ4v) is 4.88. The predicted molar refractivity (Wildman–Crippen MR) is 164 cm³/mol. The molecule has 1 N–H and O–H groups in total. The van der Waals surface area contributed by atoms with Crippen molar-refractivity contribution in [3.63, 3.8) is 0 Å². The van der Waals surface area contributed by atoms with E-state index in [2.05, 4.69) is 10.4 Å². The molecule has 1 amide bonds. The number of aryl methyl sites for hydroxylation is 2. The number of methoxy groups -OCH3 is 1. The predicted octanol–water partition coefficient (Wildman–Crippen LogP) is 8.88. The van der Waals surface area contributed by atoms with E-state index in [1.165, 1.54) is 19.2 Å². The molecule has 0 aliphatic carbocycles. The maximum absolute atomic E-state index is 13.3. The first-order valence-electron chi connectivity index (χ1n) is 14.6. The average molecular weight is 589 g/mol. The summed E-state index contributed by atoms with van der Waals surface area (Å²) in [5.74, 6) is 0.467. The van der Waals surface area contributed by atoms with Crippen LogP contribution in [0.3, 0.4) is 0 Å². The van der Waals surface area contributed by atoms with Crippen LogP contribution in [0.5, 0.6) is 5.75 Å². The van der Waals surface area contributed by atoms with Crippen molar-refractivity contribution in [1.29, 1.82) is 0 Å². The zero-order chi connectivity index (χ0) is 31.7. The van der Waals surface area contributed by atoms with Gasteiger partial charge in [0.2, 0.25) is 0 Å². The molecule has 8 heteroatoms. The number of amides is 1. The van der Waals surface area contributed by atoms with Crippen molar-refractivity contribution < 1.29 is 27.5 Å². The van der Waals surface area contributed by atoms with Gasteiger partial charge in [-0.2, -0.15) is 13.2 Å². The molecule has 0 aliphatic heterocycles. The van der Waals surface area contributed by atoms with Gasteiger partial charge in [0, 0.05) is 6.04 Å². The third-order valence-corrected chi connectivity index (χ3v) is 6.72. The number of hydroxylamine groups is 1. The first kappa shape index (κ1) is 36.7. The first-order chi connectivity index (χ1) is 20.2. The Bertz CT molecular complexity index is 1170. The minimum Gasteiger partial charge on any atom is -0.497 e. The maximum Gasteiger partial charge on any atom is 0.416 e. The van der Waals surface area contributed by atoms with Gasteiger partial charge in [0.1, 0.15) is 11.8 Å². The molecule has 232 valence electrons. The Labute approximate surface area is 250 Å². The van der Waals surface area contributed by atoms with E-state index >= 15 is 0 Å². The van der Waals surface area contributed by atoms with E-state index in [9.17, 15) is 18.0 Å². The van der Waals surface area contributed by atoms with Gasteiger partial charge in [-0.25, -0.2) is 5.48 Å². The molecule has 3 rings (SSSR count). The second-order valence-electron chi connectivity index (χ2n) is 9.14. The molecule has 0 aromatic heterocycles. The third kappa shape index (κ3) is 10.5. The van der Waals surface area contributed by atoms with Gasteiger partial charge in [0.25, 0.3) is 5.91 Å². The van der Waals surface area contributed by atoms with Gasteiger partial charge in [-0.05, 0) is 79.3 Å². The number of nitrogens with one attached hydrogen (secondary N) is 1. The molecule has 42 heavy (non-hydrogen) atoms. The van der Waals surface area contributed by atoms with Crippen LogP contribution in [0.1, 0.15) is 87.4 Å². The van der Waals surface area contributed by atoms with Crippen molar-refractivity contribution in [2.75, 3.05) is 20.8 Å². The average Bonchev–Trinajstić information content (AvgIpc) is 3.01. The van der Waals surface area contributed by atoms with Crippen LogP contribution in [-0.4, -0.2) is 31.6 Å². The monoisotopic (exact) mass is 588 g/mol. The van der Waals surface area contributed by atoms with Gasteiger partial charge < -0.3 is 4.74 Å². The molecule has 2 atom stereocenters. The van der Waals surface area contributed by atoms with Crippen LogP contribution in [-0.2, 0) is 22.2 Å². The van der Waals surface area contributed by atoms with E-state index in [-0.39, 0.29) is 11.9 Å². The highest BCUT2D eigenvalue weighted by molar-refractivity contribution is 5.82. The van der Waals surface area contributed by atoms with E-state index in [1.807, 2.05) is 90.1 Å². The fourth-order valence-electron chi connectivity index (χ4n) is 4.88. The molecule has 0 saturated carbocycles. The molecule has 0 radical (unpaired) electrons. The number of carbonyl (C=O) groups excluding carboxylic acids is 1. The van der Waals surface area contributed by atoms with Gasteiger partial charge in [-0.3, -0.25) is 14.5 Å². The van der Waals surface area contributed by atoms with Crippen LogP contribution in [0.4, 0.5) is 13.2 Å². The number of benzene rings is 3. The highest BCUT2D eigenvalue weighted by Gasteiger charge is 2.33. The number of halogens is 3. The van der Waals surface area contributed by atoms with Crippen molar-refractivity contribution >= 4 is 5.91 Å². The lowest BCUT2D eigenvalue weighted by Gasteiger charge is -2.38. The molecule has 0 spiro atoms. The Morgan fingerprint density at radius 3 is 2.05 bits per heavy atom. The Morgan fingerprint density at radius 2 is 1.55 bits per heavy atom. The van der Waals surface area contributed by atoms with Crippen molar-refractivity contribution in [1.82, 2.24) is 10.4 Å². The maximum atomic E-state index is 13.3. The lowest BCUT2D eigenvalue weighted by atomic mass is 9.91. The zero-order valence-electron chi connectivity index (χ0n) is 26.2. The Morgan fingerprint density at radius 1 is 0.929 bits per heavy atom. The van der Waals surface area contributed by atoms with E-state index in [4.69, 9.17) is 9.57 Å². The van der Waals surface area contributed by atoms with Crippen LogP contribution in [0.2, 0.25) is 0 Å². The standard InChI is InChI=1S/C30H35F3N2O3.2C2H6/c1-5-35(28(29(36)34-38-4)23-11-7-6-8-12-23)27(26-19-18-25(37-3)20-21(26)2)13-9-10-22-14-16-24(17-15-22)30(31,32)33;2*1-2/h6-8,11-12,14-20,27-28H,5,9-10,13H2,1-4H3,(H,34,36);2*1-2H3/t27-,28+;;/m0../s1. The number of hydrogen-bond donors (Lipinski definition) is 1. The van der Waals surface area contributed by atoms with Gasteiger partial charge in [0.15, 0.2) is 0 Å². The Kier molecular flexibility index (Phi) is 16.5. The summed E-state index contributed by atoms with van der Waals surface area (Å²) in [6, 6.07) is 20.0. The molecule has 0 heterocycles. The summed E-state index contributed by atoms with van der Waals surface area (Å²) < 4.78 is 44.3. The number of rotatable bonds is 12. The second kappa shape index (κ2) is 18.9. The third-order valence-electron chi connectivity index (χ3n) is 6.72. The number of alkyl halides is 3. The SMILES string of the molecule is CC.CC.CCN([C@@H](CCCc1ccc(C(F)(F)F)cc1)c1ccc(OC)cc1C)[C@@H](C(=O)NOC)c1ccccc1. The van der Waals surface area contributed by atoms with Crippen molar-refractivity contribution in [3.05, 3.63) is 101 Å². The lowest BCUT2D eigenvalue weighted by Crippen LogP contribution is -2.42. The Balaban J connectivity index is 0.00000211. The quantitative estimate of drug-likeness (QED) is 0.215. The van der Waals surface area contributed by atoms with Crippen LogP contribution >= 0.6 is 0 Å². The second-order valence-corrected chi connectivity index (χ2v) is 9.14. The zero-order valence-corrected chi connectivity index (χ0v) is 26.2. The molecule has 0 bridgehead atoms. The molecule has 0 fully saturated rings. The van der Waals surface area contributed by atoms with E-state index in [0.717, 1.165) is 40.1 Å². The number of hydrogen-bond acceptors (Lipinski definition) is 4. The summed E-state index contributed by atoms with van der Waals surface area (Å²) >= 11 is 0. The van der Waals surface area contributed by atoms with Crippen molar-refractivity contribution in [3.8, 4) is 5.75 Å². The van der Waals surface area contributed by atoms with E-state index < -0.39 is 17.8 Å². The smallest absolute Gasteiger partial charge is 0.416 e. The van der Waals surface area contributed by atoms with E-state index in [0.29, 0.717) is 25.8 Å². The number of likely N-dealkylation sites (N-methyl/N-ethyl adjacent to an activating group) is 1. The number of nitrogens with zero attached hydrogens (tertiary/aromatic N) is 1. The van der Waals surface area contributed by atoms with Crippen molar-refractivity contribution in [2.24, 2.45) is 0 Å². The minimum atomic E-state index is -4.35. The van der Waals surface area contributed by atoms with Gasteiger partial charge in [-0.1, -0.05) is 83.1 Å². The Hall–Kier alpha value is -3.36. The van der Waals surface area contributed by atoms with Crippen molar-refractivity contribution in [2.45, 2.75) is 79.1 Å². The van der Waals surface area contributed by atoms with Gasteiger partial charge in [-0.15, -0.1) is 0 Å². The molecular formula is C34H47F3N2O3. The fraction of sp³-hybridized carbons (Fsp3) is 0.441. The van der Waals surface area contributed by atoms with Crippen LogP contribution in [0.25, 0.3) is 0 Å². The molecule has 0 aliphatic rings. The topological polar surface area (TPSA) is 50.8 Å². The summed E-state index contributed by atoms with van der Waals surface area (Å²) in [6.07, 6.45) is -2.34. The van der Waals surface area contributed by atoms with Crippen LogP contribution in [0, 0.1) is 6.92 Å². The van der Waals surface area contributed by atoms with Crippen LogP contribution in [0.15, 0.2) is 72.8 Å². The number of ether oxygens (including phenoxy) is 1. The van der Waals surface area contributed by atoms with E-state index in [1.54, 1.807) is 7.11 Å². The molecule has 5 nitrogen and oxygen atoms in total. The van der Waals surface area contributed by atoms with Gasteiger partial charge >= 0.3 is 6.18 Å². The molecule has 3 aromatic carbocycles.